The van der Waals surface area contributed by atoms with Gasteiger partial charge < -0.3 is 10.2 Å². The molecule has 0 spiro atoms. The molecule has 3 rings (SSSR count). The van der Waals surface area contributed by atoms with Crippen molar-refractivity contribution in [2.75, 3.05) is 32.7 Å². The van der Waals surface area contributed by atoms with Gasteiger partial charge in [0.05, 0.1) is 6.07 Å². The Balaban J connectivity index is 1.44. The topological polar surface area (TPSA) is 76.4 Å². The van der Waals surface area contributed by atoms with Gasteiger partial charge in [-0.1, -0.05) is 23.7 Å². The highest BCUT2D eigenvalue weighted by Crippen LogP contribution is 2.22. The second-order valence-corrected chi connectivity index (χ2v) is 7.45. The van der Waals surface area contributed by atoms with Crippen LogP contribution in [0.5, 0.6) is 0 Å². The van der Waals surface area contributed by atoms with E-state index in [1.54, 1.807) is 41.3 Å². The van der Waals surface area contributed by atoms with E-state index in [0.29, 0.717) is 36.8 Å². The Hall–Kier alpha value is -2.95. The van der Waals surface area contributed by atoms with Crippen LogP contribution < -0.4 is 5.32 Å². The average molecular weight is 429 g/mol. The van der Waals surface area contributed by atoms with Gasteiger partial charge in [-0.3, -0.25) is 14.5 Å². The molecular formula is C22H22ClFN4O2. The lowest BCUT2D eigenvalue weighted by molar-refractivity contribution is -0.133. The zero-order valence-corrected chi connectivity index (χ0v) is 17.1. The van der Waals surface area contributed by atoms with Gasteiger partial charge in [0.2, 0.25) is 5.91 Å². The van der Waals surface area contributed by atoms with Gasteiger partial charge in [-0.2, -0.15) is 5.26 Å². The molecule has 2 amide bonds. The van der Waals surface area contributed by atoms with Crippen molar-refractivity contribution in [3.05, 3.63) is 70.5 Å². The van der Waals surface area contributed by atoms with Crippen LogP contribution in [0.3, 0.4) is 0 Å². The monoisotopic (exact) mass is 428 g/mol. The molecule has 30 heavy (non-hydrogen) atoms. The third kappa shape index (κ3) is 5.56. The Kier molecular flexibility index (Phi) is 7.39. The van der Waals surface area contributed by atoms with Gasteiger partial charge in [-0.25, -0.2) is 4.39 Å². The maximum absolute atomic E-state index is 13.1. The zero-order chi connectivity index (χ0) is 21.5. The molecule has 1 atom stereocenters. The molecule has 1 aliphatic heterocycles. The first kappa shape index (κ1) is 21.8. The lowest BCUT2D eigenvalue weighted by Crippen LogP contribution is -2.50. The first-order valence-corrected chi connectivity index (χ1v) is 10.1. The number of carbonyl (C=O) groups is 2. The summed E-state index contributed by atoms with van der Waals surface area (Å²) in [4.78, 5) is 28.3. The fraction of sp³-hybridized carbons (Fsp3) is 0.318. The molecule has 1 N–H and O–H groups in total. The number of amides is 2. The van der Waals surface area contributed by atoms with Gasteiger partial charge in [0.15, 0.2) is 0 Å². The maximum atomic E-state index is 13.1. The van der Waals surface area contributed by atoms with Crippen molar-refractivity contribution in [1.29, 1.82) is 5.26 Å². The molecule has 0 aromatic heterocycles. The van der Waals surface area contributed by atoms with Gasteiger partial charge in [-0.05, 0) is 42.0 Å². The normalized spacial score (nSPS) is 15.3. The summed E-state index contributed by atoms with van der Waals surface area (Å²) in [6.07, 6.45) is 0.207. The molecule has 1 saturated heterocycles. The van der Waals surface area contributed by atoms with E-state index in [-0.39, 0.29) is 30.6 Å². The maximum Gasteiger partial charge on any atom is 0.251 e. The Morgan fingerprint density at radius 2 is 1.70 bits per heavy atom. The molecule has 6 nitrogen and oxygen atoms in total. The average Bonchev–Trinajstić information content (AvgIpc) is 2.76. The summed E-state index contributed by atoms with van der Waals surface area (Å²) in [5, 5.41) is 12.8. The quantitative estimate of drug-likeness (QED) is 0.767. The summed E-state index contributed by atoms with van der Waals surface area (Å²) >= 11 is 5.81. The van der Waals surface area contributed by atoms with Crippen LogP contribution in [0.25, 0.3) is 0 Å². The smallest absolute Gasteiger partial charge is 0.251 e. The molecule has 1 fully saturated rings. The van der Waals surface area contributed by atoms with E-state index in [1.807, 2.05) is 4.90 Å². The van der Waals surface area contributed by atoms with Crippen molar-refractivity contribution in [1.82, 2.24) is 15.1 Å². The van der Waals surface area contributed by atoms with Crippen LogP contribution in [0, 0.1) is 17.1 Å². The van der Waals surface area contributed by atoms with Crippen LogP contribution in [0.1, 0.15) is 28.4 Å². The molecule has 0 unspecified atom stereocenters. The number of nitrogens with one attached hydrogen (secondary N) is 1. The number of benzene rings is 2. The predicted molar refractivity (Wildman–Crippen MR) is 111 cm³/mol. The van der Waals surface area contributed by atoms with Gasteiger partial charge in [0, 0.05) is 49.7 Å². The SMILES string of the molecule is N#C[C@H](c1ccc(F)cc1)N1CCN(C(=O)CCNC(=O)c2ccc(Cl)cc2)CC1. The molecule has 156 valence electrons. The molecule has 2 aromatic carbocycles. The second-order valence-electron chi connectivity index (χ2n) is 7.01. The van der Waals surface area contributed by atoms with Crippen molar-refractivity contribution in [3.8, 4) is 6.07 Å². The summed E-state index contributed by atoms with van der Waals surface area (Å²) in [7, 11) is 0. The number of carbonyl (C=O) groups excluding carboxylic acids is 2. The summed E-state index contributed by atoms with van der Waals surface area (Å²) in [5.74, 6) is -0.629. The van der Waals surface area contributed by atoms with Crippen LogP contribution in [0.15, 0.2) is 48.5 Å². The van der Waals surface area contributed by atoms with Gasteiger partial charge in [0.1, 0.15) is 11.9 Å². The Labute approximate surface area is 179 Å². The fourth-order valence-electron chi connectivity index (χ4n) is 3.39. The van der Waals surface area contributed by atoms with E-state index in [4.69, 9.17) is 11.6 Å². The lowest BCUT2D eigenvalue weighted by atomic mass is 10.1. The molecule has 0 saturated carbocycles. The van der Waals surface area contributed by atoms with Crippen molar-refractivity contribution >= 4 is 23.4 Å². The molecule has 0 radical (unpaired) electrons. The number of nitriles is 1. The number of halogens is 2. The first-order valence-electron chi connectivity index (χ1n) is 9.68. The summed E-state index contributed by atoms with van der Waals surface area (Å²) in [5.41, 5.74) is 1.23. The molecular weight excluding hydrogens is 407 g/mol. The minimum Gasteiger partial charge on any atom is -0.352 e. The van der Waals surface area contributed by atoms with Gasteiger partial charge in [0.25, 0.3) is 5.91 Å². The number of nitrogens with zero attached hydrogens (tertiary/aromatic N) is 3. The van der Waals surface area contributed by atoms with Crippen LogP contribution in [-0.4, -0.2) is 54.3 Å². The number of piperazine rings is 1. The largest absolute Gasteiger partial charge is 0.352 e. The highest BCUT2D eigenvalue weighted by Gasteiger charge is 2.27. The third-order valence-electron chi connectivity index (χ3n) is 5.07. The first-order chi connectivity index (χ1) is 14.5. The summed E-state index contributed by atoms with van der Waals surface area (Å²) < 4.78 is 13.1. The predicted octanol–water partition coefficient (Wildman–Crippen LogP) is 3.01. The summed E-state index contributed by atoms with van der Waals surface area (Å²) in [6.45, 7) is 2.36. The lowest BCUT2D eigenvalue weighted by Gasteiger charge is -2.37. The zero-order valence-electron chi connectivity index (χ0n) is 16.4. The standard InChI is InChI=1S/C22H22ClFN4O2/c23-18-5-1-17(2-6-18)22(30)26-10-9-21(29)28-13-11-27(12-14-28)20(15-25)16-3-7-19(24)8-4-16/h1-8,20H,9-14H2,(H,26,30)/t20-/m1/s1. The summed E-state index contributed by atoms with van der Waals surface area (Å²) in [6, 6.07) is 14.3. The molecule has 0 aliphatic carbocycles. The van der Waals surface area contributed by atoms with Crippen molar-refractivity contribution in [3.63, 3.8) is 0 Å². The fourth-order valence-corrected chi connectivity index (χ4v) is 3.51. The highest BCUT2D eigenvalue weighted by molar-refractivity contribution is 6.30. The van der Waals surface area contributed by atoms with E-state index in [1.165, 1.54) is 12.1 Å². The van der Waals surface area contributed by atoms with Crippen molar-refractivity contribution < 1.29 is 14.0 Å². The third-order valence-corrected chi connectivity index (χ3v) is 5.32. The van der Waals surface area contributed by atoms with Crippen molar-refractivity contribution in [2.45, 2.75) is 12.5 Å². The Morgan fingerprint density at radius 3 is 2.30 bits per heavy atom. The Morgan fingerprint density at radius 1 is 1.07 bits per heavy atom. The molecule has 0 bridgehead atoms. The Bertz CT molecular complexity index is 920. The van der Waals surface area contributed by atoms with E-state index < -0.39 is 6.04 Å². The van der Waals surface area contributed by atoms with Crippen LogP contribution in [0.4, 0.5) is 4.39 Å². The van der Waals surface area contributed by atoms with Gasteiger partial charge in [-0.15, -0.1) is 0 Å². The van der Waals surface area contributed by atoms with E-state index in [2.05, 4.69) is 11.4 Å². The molecule has 2 aromatic rings. The van der Waals surface area contributed by atoms with E-state index >= 15 is 0 Å². The number of hydrogen-bond acceptors (Lipinski definition) is 4. The van der Waals surface area contributed by atoms with Crippen LogP contribution >= 0.6 is 11.6 Å². The van der Waals surface area contributed by atoms with Crippen molar-refractivity contribution in [2.24, 2.45) is 0 Å². The molecule has 1 aliphatic rings. The molecule has 1 heterocycles. The van der Waals surface area contributed by atoms with E-state index in [9.17, 15) is 19.2 Å². The second kappa shape index (κ2) is 10.2. The van der Waals surface area contributed by atoms with Crippen LogP contribution in [0.2, 0.25) is 5.02 Å². The molecule has 8 heteroatoms. The minimum absolute atomic E-state index is 0.0404. The number of hydrogen-bond donors (Lipinski definition) is 1. The van der Waals surface area contributed by atoms with Gasteiger partial charge >= 0.3 is 0 Å². The van der Waals surface area contributed by atoms with E-state index in [0.717, 1.165) is 5.56 Å². The minimum atomic E-state index is -0.471. The number of rotatable bonds is 6. The highest BCUT2D eigenvalue weighted by atomic mass is 35.5. The van der Waals surface area contributed by atoms with Crippen LogP contribution in [-0.2, 0) is 4.79 Å².